The van der Waals surface area contributed by atoms with Gasteiger partial charge >= 0.3 is 0 Å². The zero-order chi connectivity index (χ0) is 18.8. The van der Waals surface area contributed by atoms with E-state index in [0.717, 1.165) is 10.5 Å². The number of carbonyl (C=O) groups excluding carboxylic acids is 2. The number of hydrogen-bond acceptors (Lipinski definition) is 2. The molecule has 0 unspecified atom stereocenters. The predicted molar refractivity (Wildman–Crippen MR) is 104 cm³/mol. The van der Waals surface area contributed by atoms with Crippen LogP contribution < -0.4 is 4.90 Å². The number of fused-ring (bicyclic) bond motifs is 1. The third-order valence-corrected chi connectivity index (χ3v) is 4.28. The van der Waals surface area contributed by atoms with Gasteiger partial charge in [0.2, 0.25) is 0 Å². The molecule has 0 saturated heterocycles. The van der Waals surface area contributed by atoms with Gasteiger partial charge in [0.25, 0.3) is 11.8 Å². The highest BCUT2D eigenvalue weighted by Crippen LogP contribution is 2.29. The second-order valence-corrected chi connectivity index (χ2v) is 6.02. The number of carbonyl (C=O) groups is 2. The van der Waals surface area contributed by atoms with Crippen molar-refractivity contribution in [3.05, 3.63) is 101 Å². The van der Waals surface area contributed by atoms with Crippen LogP contribution in [0.4, 0.5) is 5.69 Å². The van der Waals surface area contributed by atoms with Crippen molar-refractivity contribution >= 4 is 17.5 Å². The van der Waals surface area contributed by atoms with E-state index in [1.165, 1.54) is 0 Å². The number of terminal acetylenes is 1. The number of nitrogens with zero attached hydrogens (tertiary/aromatic N) is 1. The molecular weight excluding hydrogens is 334 g/mol. The van der Waals surface area contributed by atoms with Crippen molar-refractivity contribution in [2.45, 2.75) is 0 Å². The van der Waals surface area contributed by atoms with Crippen molar-refractivity contribution in [2.75, 3.05) is 4.90 Å². The maximum Gasteiger partial charge on any atom is 0.266 e. The Labute approximate surface area is 157 Å². The van der Waals surface area contributed by atoms with Crippen LogP contribution in [0.5, 0.6) is 0 Å². The lowest BCUT2D eigenvalue weighted by Gasteiger charge is -2.13. The number of hydrogen-bond donors (Lipinski definition) is 0. The Morgan fingerprint density at radius 1 is 0.667 bits per heavy atom. The fourth-order valence-electron chi connectivity index (χ4n) is 2.95. The molecule has 0 aliphatic carbocycles. The van der Waals surface area contributed by atoms with Crippen LogP contribution in [0.2, 0.25) is 0 Å². The molecule has 0 saturated carbocycles. The molecule has 3 nitrogen and oxygen atoms in total. The molecular formula is C24H13NO2. The van der Waals surface area contributed by atoms with Crippen molar-refractivity contribution in [3.63, 3.8) is 0 Å². The Balaban J connectivity index is 1.70. The molecule has 0 aromatic heterocycles. The summed E-state index contributed by atoms with van der Waals surface area (Å²) in [6, 6.07) is 21.5. The molecule has 0 fully saturated rings. The van der Waals surface area contributed by atoms with Crippen LogP contribution in [0, 0.1) is 24.2 Å². The second-order valence-electron chi connectivity index (χ2n) is 6.02. The molecule has 1 aliphatic heterocycles. The normalized spacial score (nSPS) is 12.2. The van der Waals surface area contributed by atoms with E-state index in [1.807, 2.05) is 30.3 Å². The summed E-state index contributed by atoms with van der Waals surface area (Å²) in [6.45, 7) is 0. The van der Waals surface area contributed by atoms with Gasteiger partial charge in [0.1, 0.15) is 0 Å². The summed E-state index contributed by atoms with van der Waals surface area (Å²) in [5, 5.41) is 0. The van der Waals surface area contributed by atoms with Crippen LogP contribution in [0.3, 0.4) is 0 Å². The van der Waals surface area contributed by atoms with Gasteiger partial charge in [-0.25, -0.2) is 4.90 Å². The maximum absolute atomic E-state index is 12.8. The average molecular weight is 347 g/mol. The van der Waals surface area contributed by atoms with Crippen molar-refractivity contribution in [3.8, 4) is 24.2 Å². The van der Waals surface area contributed by atoms with Gasteiger partial charge in [0.05, 0.1) is 16.8 Å². The molecule has 3 aromatic carbocycles. The van der Waals surface area contributed by atoms with Crippen LogP contribution in [-0.4, -0.2) is 11.8 Å². The molecule has 2 amide bonds. The van der Waals surface area contributed by atoms with Crippen LogP contribution in [0.15, 0.2) is 72.8 Å². The average Bonchev–Trinajstić information content (AvgIpc) is 2.97. The number of benzene rings is 3. The van der Waals surface area contributed by atoms with Gasteiger partial charge in [0.15, 0.2) is 0 Å². The highest BCUT2D eigenvalue weighted by atomic mass is 16.2. The monoisotopic (exact) mass is 347 g/mol. The van der Waals surface area contributed by atoms with Gasteiger partial charge in [-0.05, 0) is 48.5 Å². The van der Waals surface area contributed by atoms with Gasteiger partial charge in [-0.3, -0.25) is 9.59 Å². The molecule has 3 aromatic rings. The Kier molecular flexibility index (Phi) is 4.05. The second kappa shape index (κ2) is 6.67. The van der Waals surface area contributed by atoms with Crippen molar-refractivity contribution in [2.24, 2.45) is 0 Å². The summed E-state index contributed by atoms with van der Waals surface area (Å²) >= 11 is 0. The van der Waals surface area contributed by atoms with Crippen LogP contribution in [-0.2, 0) is 0 Å². The first-order valence-corrected chi connectivity index (χ1v) is 8.34. The topological polar surface area (TPSA) is 37.4 Å². The molecule has 0 radical (unpaired) electrons. The molecule has 0 spiro atoms. The van der Waals surface area contributed by atoms with Gasteiger partial charge in [-0.2, -0.15) is 0 Å². The summed E-state index contributed by atoms with van der Waals surface area (Å²) in [5.74, 6) is 7.89. The summed E-state index contributed by atoms with van der Waals surface area (Å²) in [5.41, 5.74) is 3.36. The molecule has 27 heavy (non-hydrogen) atoms. The third kappa shape index (κ3) is 2.99. The Bertz CT molecular complexity index is 1170. The molecule has 4 rings (SSSR count). The first kappa shape index (κ1) is 16.4. The van der Waals surface area contributed by atoms with E-state index in [0.29, 0.717) is 27.9 Å². The minimum absolute atomic E-state index is 0.353. The SMILES string of the molecule is C#Cc1cccc(N2C(=O)c3ccc(C#Cc4ccccc4)cc3C2=O)c1. The quantitative estimate of drug-likeness (QED) is 0.495. The van der Waals surface area contributed by atoms with Crippen LogP contribution in [0.25, 0.3) is 0 Å². The summed E-state index contributed by atoms with van der Waals surface area (Å²) in [7, 11) is 0. The molecule has 0 N–H and O–H groups in total. The molecule has 1 aliphatic rings. The molecule has 0 atom stereocenters. The number of amides is 2. The highest BCUT2D eigenvalue weighted by molar-refractivity contribution is 6.34. The lowest BCUT2D eigenvalue weighted by atomic mass is 10.1. The van der Waals surface area contributed by atoms with Crippen LogP contribution >= 0.6 is 0 Å². The van der Waals surface area contributed by atoms with E-state index in [-0.39, 0.29) is 11.8 Å². The van der Waals surface area contributed by atoms with Crippen molar-refractivity contribution in [1.82, 2.24) is 0 Å². The molecule has 126 valence electrons. The number of anilines is 1. The van der Waals surface area contributed by atoms with Crippen molar-refractivity contribution < 1.29 is 9.59 Å². The summed E-state index contributed by atoms with van der Waals surface area (Å²) < 4.78 is 0. The Morgan fingerprint density at radius 2 is 1.37 bits per heavy atom. The zero-order valence-corrected chi connectivity index (χ0v) is 14.3. The first-order chi connectivity index (χ1) is 13.2. The summed E-state index contributed by atoms with van der Waals surface area (Å²) in [4.78, 5) is 26.7. The maximum atomic E-state index is 12.8. The minimum Gasteiger partial charge on any atom is -0.268 e. The van der Waals surface area contributed by atoms with Crippen molar-refractivity contribution in [1.29, 1.82) is 0 Å². The van der Waals surface area contributed by atoms with E-state index in [4.69, 9.17) is 6.42 Å². The molecule has 0 bridgehead atoms. The highest BCUT2D eigenvalue weighted by Gasteiger charge is 2.36. The third-order valence-electron chi connectivity index (χ3n) is 4.28. The van der Waals surface area contributed by atoms with E-state index >= 15 is 0 Å². The fraction of sp³-hybridized carbons (Fsp3) is 0. The van der Waals surface area contributed by atoms with E-state index in [9.17, 15) is 9.59 Å². The summed E-state index contributed by atoms with van der Waals surface area (Å²) in [6.07, 6.45) is 5.42. The van der Waals surface area contributed by atoms with Gasteiger partial charge < -0.3 is 0 Å². The molecule has 1 heterocycles. The number of imide groups is 1. The van der Waals surface area contributed by atoms with E-state index in [1.54, 1.807) is 42.5 Å². The standard InChI is InChI=1S/C24H13NO2/c1-2-17-9-6-10-20(15-17)25-23(26)21-14-13-19(16-22(21)24(25)27)12-11-18-7-4-3-5-8-18/h1,3-10,13-16H. The van der Waals surface area contributed by atoms with Crippen LogP contribution in [0.1, 0.15) is 37.4 Å². The number of rotatable bonds is 1. The lowest BCUT2D eigenvalue weighted by Crippen LogP contribution is -2.29. The minimum atomic E-state index is -0.368. The van der Waals surface area contributed by atoms with E-state index in [2.05, 4.69) is 17.8 Å². The van der Waals surface area contributed by atoms with Gasteiger partial charge in [-0.15, -0.1) is 6.42 Å². The van der Waals surface area contributed by atoms with Gasteiger partial charge in [-0.1, -0.05) is 42.0 Å². The van der Waals surface area contributed by atoms with Gasteiger partial charge in [0, 0.05) is 16.7 Å². The zero-order valence-electron chi connectivity index (χ0n) is 14.3. The Morgan fingerprint density at radius 3 is 2.15 bits per heavy atom. The molecule has 3 heteroatoms. The first-order valence-electron chi connectivity index (χ1n) is 8.34. The Hall–Kier alpha value is -4.08. The van der Waals surface area contributed by atoms with E-state index < -0.39 is 0 Å². The predicted octanol–water partition coefficient (Wildman–Crippen LogP) is 3.87. The largest absolute Gasteiger partial charge is 0.268 e. The lowest BCUT2D eigenvalue weighted by molar-refractivity contribution is 0.0926. The fourth-order valence-corrected chi connectivity index (χ4v) is 2.95. The smallest absolute Gasteiger partial charge is 0.266 e.